The predicted molar refractivity (Wildman–Crippen MR) is 59.9 cm³/mol. The summed E-state index contributed by atoms with van der Waals surface area (Å²) in [4.78, 5) is 22.0. The van der Waals surface area contributed by atoms with Crippen molar-refractivity contribution in [1.29, 1.82) is 0 Å². The van der Waals surface area contributed by atoms with E-state index in [1.54, 1.807) is 0 Å². The SMILES string of the molecule is NC(CC(=O)O)C(=O)NC1CCCCCC1. The summed E-state index contributed by atoms with van der Waals surface area (Å²) in [7, 11) is 0. The maximum absolute atomic E-state index is 11.6. The van der Waals surface area contributed by atoms with E-state index >= 15 is 0 Å². The van der Waals surface area contributed by atoms with Gasteiger partial charge in [0.25, 0.3) is 0 Å². The van der Waals surface area contributed by atoms with Gasteiger partial charge in [-0.05, 0) is 12.8 Å². The molecule has 0 saturated heterocycles. The third kappa shape index (κ3) is 4.61. The molecule has 1 saturated carbocycles. The smallest absolute Gasteiger partial charge is 0.305 e. The van der Waals surface area contributed by atoms with Crippen LogP contribution in [0.3, 0.4) is 0 Å². The van der Waals surface area contributed by atoms with Crippen LogP contribution in [-0.4, -0.2) is 29.1 Å². The maximum atomic E-state index is 11.6. The predicted octanol–water partition coefficient (Wildman–Crippen LogP) is 0.627. The van der Waals surface area contributed by atoms with Crippen molar-refractivity contribution in [2.24, 2.45) is 5.73 Å². The molecule has 0 radical (unpaired) electrons. The van der Waals surface area contributed by atoms with Gasteiger partial charge in [0.2, 0.25) is 5.91 Å². The van der Waals surface area contributed by atoms with E-state index in [4.69, 9.17) is 10.8 Å². The van der Waals surface area contributed by atoms with Gasteiger partial charge in [0, 0.05) is 6.04 Å². The van der Waals surface area contributed by atoms with Crippen LogP contribution in [0.1, 0.15) is 44.9 Å². The van der Waals surface area contributed by atoms with Gasteiger partial charge in [-0.2, -0.15) is 0 Å². The minimum atomic E-state index is -1.04. The van der Waals surface area contributed by atoms with Gasteiger partial charge in [0.05, 0.1) is 12.5 Å². The van der Waals surface area contributed by atoms with Gasteiger partial charge >= 0.3 is 5.97 Å². The number of nitrogens with one attached hydrogen (secondary N) is 1. The van der Waals surface area contributed by atoms with E-state index in [1.807, 2.05) is 0 Å². The number of hydrogen-bond donors (Lipinski definition) is 3. The first-order valence-electron chi connectivity index (χ1n) is 5.87. The molecule has 1 aliphatic rings. The van der Waals surface area contributed by atoms with Crippen LogP contribution in [0.15, 0.2) is 0 Å². The van der Waals surface area contributed by atoms with Crippen molar-refractivity contribution in [3.8, 4) is 0 Å². The summed E-state index contributed by atoms with van der Waals surface area (Å²) in [6.45, 7) is 0. The lowest BCUT2D eigenvalue weighted by Crippen LogP contribution is -2.46. The molecule has 1 amide bonds. The standard InChI is InChI=1S/C11H20N2O3/c12-9(7-10(14)15)11(16)13-8-5-3-1-2-4-6-8/h8-9H,1-7,12H2,(H,13,16)(H,14,15). The van der Waals surface area contributed by atoms with Gasteiger partial charge in [0.15, 0.2) is 0 Å². The Labute approximate surface area is 95.4 Å². The zero-order chi connectivity index (χ0) is 12.0. The molecular weight excluding hydrogens is 208 g/mol. The Kier molecular flexibility index (Phi) is 5.25. The average molecular weight is 228 g/mol. The van der Waals surface area contributed by atoms with Crippen LogP contribution in [0.4, 0.5) is 0 Å². The van der Waals surface area contributed by atoms with Crippen molar-refractivity contribution in [2.45, 2.75) is 57.0 Å². The zero-order valence-electron chi connectivity index (χ0n) is 9.45. The number of nitrogens with two attached hydrogens (primary N) is 1. The van der Waals surface area contributed by atoms with Crippen LogP contribution in [-0.2, 0) is 9.59 Å². The van der Waals surface area contributed by atoms with Gasteiger partial charge in [-0.1, -0.05) is 25.7 Å². The Morgan fingerprint density at radius 2 is 1.81 bits per heavy atom. The highest BCUT2D eigenvalue weighted by Gasteiger charge is 2.20. The van der Waals surface area contributed by atoms with Crippen LogP contribution in [0.2, 0.25) is 0 Å². The second kappa shape index (κ2) is 6.48. The summed E-state index contributed by atoms with van der Waals surface area (Å²) in [5.41, 5.74) is 5.48. The van der Waals surface area contributed by atoms with E-state index in [0.717, 1.165) is 25.7 Å². The number of hydrogen-bond acceptors (Lipinski definition) is 3. The lowest BCUT2D eigenvalue weighted by molar-refractivity contribution is -0.139. The highest BCUT2D eigenvalue weighted by atomic mass is 16.4. The summed E-state index contributed by atoms with van der Waals surface area (Å²) in [5, 5.41) is 11.4. The molecule has 1 atom stereocenters. The van der Waals surface area contributed by atoms with Gasteiger partial charge < -0.3 is 16.2 Å². The van der Waals surface area contributed by atoms with Gasteiger partial charge in [-0.3, -0.25) is 9.59 Å². The van der Waals surface area contributed by atoms with Crippen molar-refractivity contribution in [3.05, 3.63) is 0 Å². The molecule has 5 heteroatoms. The molecule has 0 aliphatic heterocycles. The van der Waals surface area contributed by atoms with Crippen LogP contribution in [0.5, 0.6) is 0 Å². The molecule has 4 N–H and O–H groups in total. The van der Waals surface area contributed by atoms with Crippen LogP contribution in [0.25, 0.3) is 0 Å². The van der Waals surface area contributed by atoms with Crippen molar-refractivity contribution >= 4 is 11.9 Å². The molecule has 0 aromatic heterocycles. The molecule has 0 aromatic carbocycles. The molecule has 16 heavy (non-hydrogen) atoms. The molecule has 1 rings (SSSR count). The fourth-order valence-corrected chi connectivity index (χ4v) is 2.01. The normalized spacial score (nSPS) is 19.8. The van der Waals surface area contributed by atoms with Crippen molar-refractivity contribution < 1.29 is 14.7 Å². The summed E-state index contributed by atoms with van der Waals surface area (Å²) < 4.78 is 0. The average Bonchev–Trinajstić information content (AvgIpc) is 2.45. The largest absolute Gasteiger partial charge is 0.481 e. The molecule has 0 bridgehead atoms. The van der Waals surface area contributed by atoms with E-state index in [1.165, 1.54) is 12.8 Å². The van der Waals surface area contributed by atoms with Crippen molar-refractivity contribution in [2.75, 3.05) is 0 Å². The first-order valence-corrected chi connectivity index (χ1v) is 5.87. The Morgan fingerprint density at radius 3 is 2.31 bits per heavy atom. The molecule has 1 unspecified atom stereocenters. The minimum absolute atomic E-state index is 0.176. The number of rotatable bonds is 4. The second-order valence-electron chi connectivity index (χ2n) is 4.40. The van der Waals surface area contributed by atoms with E-state index in [0.29, 0.717) is 0 Å². The van der Waals surface area contributed by atoms with Crippen molar-refractivity contribution in [3.63, 3.8) is 0 Å². The number of carbonyl (C=O) groups is 2. The van der Waals surface area contributed by atoms with Gasteiger partial charge in [-0.25, -0.2) is 0 Å². The monoisotopic (exact) mass is 228 g/mol. The van der Waals surface area contributed by atoms with E-state index < -0.39 is 12.0 Å². The van der Waals surface area contributed by atoms with Crippen LogP contribution < -0.4 is 11.1 Å². The molecule has 1 fully saturated rings. The van der Waals surface area contributed by atoms with E-state index in [2.05, 4.69) is 5.32 Å². The topological polar surface area (TPSA) is 92.4 Å². The third-order valence-electron chi connectivity index (χ3n) is 2.93. The molecule has 1 aliphatic carbocycles. The summed E-state index contributed by atoms with van der Waals surface area (Å²) in [6.07, 6.45) is 6.33. The van der Waals surface area contributed by atoms with Gasteiger partial charge in [-0.15, -0.1) is 0 Å². The fourth-order valence-electron chi connectivity index (χ4n) is 2.01. The first kappa shape index (κ1) is 13.0. The van der Waals surface area contributed by atoms with Gasteiger partial charge in [0.1, 0.15) is 0 Å². The highest BCUT2D eigenvalue weighted by Crippen LogP contribution is 2.17. The molecular formula is C11H20N2O3. The fraction of sp³-hybridized carbons (Fsp3) is 0.818. The minimum Gasteiger partial charge on any atom is -0.481 e. The molecule has 0 heterocycles. The van der Waals surface area contributed by atoms with Crippen molar-refractivity contribution in [1.82, 2.24) is 5.32 Å². The Bertz CT molecular complexity index is 248. The molecule has 0 aromatic rings. The third-order valence-corrected chi connectivity index (χ3v) is 2.93. The Balaban J connectivity index is 2.34. The summed E-state index contributed by atoms with van der Waals surface area (Å²) in [5.74, 6) is -1.38. The molecule has 0 spiro atoms. The van der Waals surface area contributed by atoms with E-state index in [-0.39, 0.29) is 18.4 Å². The lowest BCUT2D eigenvalue weighted by atomic mass is 10.1. The second-order valence-corrected chi connectivity index (χ2v) is 4.40. The highest BCUT2D eigenvalue weighted by molar-refractivity contribution is 5.86. The Morgan fingerprint density at radius 1 is 1.25 bits per heavy atom. The number of carbonyl (C=O) groups excluding carboxylic acids is 1. The van der Waals surface area contributed by atoms with E-state index in [9.17, 15) is 9.59 Å². The Hall–Kier alpha value is -1.10. The van der Waals surface area contributed by atoms with Crippen LogP contribution in [0, 0.1) is 0 Å². The number of carboxylic acid groups (broad SMARTS) is 1. The summed E-state index contributed by atoms with van der Waals surface area (Å²) in [6, 6.07) is -0.754. The quantitative estimate of drug-likeness (QED) is 0.615. The number of carboxylic acids is 1. The maximum Gasteiger partial charge on any atom is 0.305 e. The zero-order valence-corrected chi connectivity index (χ0v) is 9.45. The molecule has 5 nitrogen and oxygen atoms in total. The van der Waals surface area contributed by atoms with Crippen LogP contribution >= 0.6 is 0 Å². The number of aliphatic carboxylic acids is 1. The first-order chi connectivity index (χ1) is 7.59. The number of amides is 1. The summed E-state index contributed by atoms with van der Waals surface area (Å²) >= 11 is 0. The lowest BCUT2D eigenvalue weighted by Gasteiger charge is -2.18. The molecule has 92 valence electrons.